The molecule has 2 aromatic rings. The summed E-state index contributed by atoms with van der Waals surface area (Å²) < 4.78 is 0. The highest BCUT2D eigenvalue weighted by Crippen LogP contribution is 2.14. The van der Waals surface area contributed by atoms with Crippen LogP contribution < -0.4 is 11.1 Å². The summed E-state index contributed by atoms with van der Waals surface area (Å²) in [5.41, 5.74) is 7.75. The molecule has 1 aromatic heterocycles. The molecule has 1 amide bonds. The molecule has 0 radical (unpaired) electrons. The van der Waals surface area contributed by atoms with Crippen LogP contribution in [0.4, 0.5) is 5.13 Å². The van der Waals surface area contributed by atoms with E-state index in [9.17, 15) is 4.79 Å². The predicted octanol–water partition coefficient (Wildman–Crippen LogP) is 1.96. The van der Waals surface area contributed by atoms with Crippen LogP contribution >= 0.6 is 11.3 Å². The zero-order valence-corrected chi connectivity index (χ0v) is 10.3. The average Bonchev–Trinajstić information content (AvgIpc) is 2.74. The molecule has 17 heavy (non-hydrogen) atoms. The normalized spacial score (nSPS) is 10.2. The van der Waals surface area contributed by atoms with E-state index in [1.807, 2.05) is 31.2 Å². The lowest BCUT2D eigenvalue weighted by Crippen LogP contribution is -2.22. The molecular formula is C12H13N3OS. The van der Waals surface area contributed by atoms with E-state index >= 15 is 0 Å². The summed E-state index contributed by atoms with van der Waals surface area (Å²) in [6, 6.07) is 7.95. The Balaban J connectivity index is 1.99. The molecule has 0 atom stereocenters. The van der Waals surface area contributed by atoms with Crippen molar-refractivity contribution < 1.29 is 4.79 Å². The van der Waals surface area contributed by atoms with Gasteiger partial charge in [0.15, 0.2) is 5.13 Å². The van der Waals surface area contributed by atoms with E-state index in [-0.39, 0.29) is 5.91 Å². The van der Waals surface area contributed by atoms with Crippen molar-refractivity contribution in [3.8, 4) is 0 Å². The van der Waals surface area contributed by atoms with Crippen LogP contribution in [0, 0.1) is 6.92 Å². The number of anilines is 1. The minimum Gasteiger partial charge on any atom is -0.375 e. The molecular weight excluding hydrogens is 234 g/mol. The van der Waals surface area contributed by atoms with Gasteiger partial charge in [-0.15, -0.1) is 0 Å². The van der Waals surface area contributed by atoms with Crippen LogP contribution in [0.25, 0.3) is 0 Å². The van der Waals surface area contributed by atoms with Crippen LogP contribution in [0.1, 0.15) is 20.8 Å². The van der Waals surface area contributed by atoms with Gasteiger partial charge in [0.2, 0.25) is 0 Å². The third kappa shape index (κ3) is 2.82. The molecule has 0 saturated heterocycles. The van der Waals surface area contributed by atoms with E-state index in [4.69, 9.17) is 5.73 Å². The first-order valence-electron chi connectivity index (χ1n) is 5.21. The van der Waals surface area contributed by atoms with E-state index in [2.05, 4.69) is 10.3 Å². The Morgan fingerprint density at radius 2 is 2.24 bits per heavy atom. The maximum atomic E-state index is 11.7. The quantitative estimate of drug-likeness (QED) is 0.871. The Bertz CT molecular complexity index is 536. The van der Waals surface area contributed by atoms with E-state index in [1.54, 1.807) is 0 Å². The second-order valence-electron chi connectivity index (χ2n) is 3.67. The maximum absolute atomic E-state index is 11.7. The minimum absolute atomic E-state index is 0.137. The summed E-state index contributed by atoms with van der Waals surface area (Å²) in [6.45, 7) is 2.54. The lowest BCUT2D eigenvalue weighted by atomic mass is 10.1. The average molecular weight is 247 g/mol. The molecule has 0 saturated carbocycles. The minimum atomic E-state index is -0.137. The van der Waals surface area contributed by atoms with Gasteiger partial charge in [0, 0.05) is 6.54 Å². The van der Waals surface area contributed by atoms with Gasteiger partial charge in [-0.1, -0.05) is 35.6 Å². The van der Waals surface area contributed by atoms with Gasteiger partial charge in [0.05, 0.1) is 6.20 Å². The highest BCUT2D eigenvalue weighted by atomic mass is 32.1. The molecule has 0 aliphatic carbocycles. The van der Waals surface area contributed by atoms with Gasteiger partial charge in [0.25, 0.3) is 5.91 Å². The van der Waals surface area contributed by atoms with Gasteiger partial charge in [-0.05, 0) is 18.1 Å². The van der Waals surface area contributed by atoms with Crippen LogP contribution in [0.5, 0.6) is 0 Å². The number of amides is 1. The van der Waals surface area contributed by atoms with Crippen LogP contribution in [0.2, 0.25) is 0 Å². The molecule has 0 fully saturated rings. The Morgan fingerprint density at radius 3 is 2.88 bits per heavy atom. The maximum Gasteiger partial charge on any atom is 0.263 e. The van der Waals surface area contributed by atoms with Gasteiger partial charge in [-0.2, -0.15) is 0 Å². The number of benzene rings is 1. The Labute approximate surface area is 103 Å². The molecule has 0 aliphatic rings. The van der Waals surface area contributed by atoms with Crippen molar-refractivity contribution >= 4 is 22.4 Å². The summed E-state index contributed by atoms with van der Waals surface area (Å²) in [5.74, 6) is -0.137. The SMILES string of the molecule is Cc1ccccc1CNC(=O)c1cnc(N)s1. The summed E-state index contributed by atoms with van der Waals surface area (Å²) in [7, 11) is 0. The van der Waals surface area contributed by atoms with Crippen LogP contribution in [-0.4, -0.2) is 10.9 Å². The van der Waals surface area contributed by atoms with Crippen molar-refractivity contribution in [1.29, 1.82) is 0 Å². The number of hydrogen-bond acceptors (Lipinski definition) is 4. The Hall–Kier alpha value is -1.88. The van der Waals surface area contributed by atoms with Crippen molar-refractivity contribution in [3.05, 3.63) is 46.5 Å². The number of nitrogens with two attached hydrogens (primary N) is 1. The molecule has 2 rings (SSSR count). The standard InChI is InChI=1S/C12H13N3OS/c1-8-4-2-3-5-9(8)6-14-11(16)10-7-15-12(13)17-10/h2-5,7H,6H2,1H3,(H2,13,15)(H,14,16). The van der Waals surface area contributed by atoms with E-state index in [1.165, 1.54) is 17.5 Å². The van der Waals surface area contributed by atoms with E-state index < -0.39 is 0 Å². The molecule has 4 nitrogen and oxygen atoms in total. The Kier molecular flexibility index (Phi) is 3.39. The first-order valence-corrected chi connectivity index (χ1v) is 6.02. The fourth-order valence-corrected chi connectivity index (χ4v) is 2.06. The highest BCUT2D eigenvalue weighted by molar-refractivity contribution is 7.17. The van der Waals surface area contributed by atoms with Crippen molar-refractivity contribution in [2.45, 2.75) is 13.5 Å². The topological polar surface area (TPSA) is 68.0 Å². The largest absolute Gasteiger partial charge is 0.375 e. The van der Waals surface area contributed by atoms with Crippen LogP contribution in [0.15, 0.2) is 30.5 Å². The summed E-state index contributed by atoms with van der Waals surface area (Å²) in [5, 5.41) is 3.25. The van der Waals surface area contributed by atoms with E-state index in [0.717, 1.165) is 11.1 Å². The van der Waals surface area contributed by atoms with Crippen LogP contribution in [-0.2, 0) is 6.54 Å². The van der Waals surface area contributed by atoms with Gasteiger partial charge >= 0.3 is 0 Å². The second kappa shape index (κ2) is 4.97. The molecule has 0 aliphatic heterocycles. The summed E-state index contributed by atoms with van der Waals surface area (Å²) in [6.07, 6.45) is 1.49. The third-order valence-electron chi connectivity index (χ3n) is 2.45. The van der Waals surface area contributed by atoms with Gasteiger partial charge < -0.3 is 11.1 Å². The number of aromatic nitrogens is 1. The van der Waals surface area contributed by atoms with Gasteiger partial charge in [-0.25, -0.2) is 4.98 Å². The number of thiazole rings is 1. The number of carbonyl (C=O) groups excluding carboxylic acids is 1. The highest BCUT2D eigenvalue weighted by Gasteiger charge is 2.09. The number of carbonyl (C=O) groups is 1. The van der Waals surface area contributed by atoms with Crippen molar-refractivity contribution in [2.75, 3.05) is 5.73 Å². The smallest absolute Gasteiger partial charge is 0.263 e. The lowest BCUT2D eigenvalue weighted by Gasteiger charge is -2.06. The first kappa shape index (κ1) is 11.6. The second-order valence-corrected chi connectivity index (χ2v) is 4.73. The number of rotatable bonds is 3. The fraction of sp³-hybridized carbons (Fsp3) is 0.167. The molecule has 5 heteroatoms. The third-order valence-corrected chi connectivity index (χ3v) is 3.27. The molecule has 88 valence electrons. The zero-order chi connectivity index (χ0) is 12.3. The van der Waals surface area contributed by atoms with Crippen molar-refractivity contribution in [2.24, 2.45) is 0 Å². The van der Waals surface area contributed by atoms with E-state index in [0.29, 0.717) is 16.6 Å². The molecule has 0 unspecified atom stereocenters. The zero-order valence-electron chi connectivity index (χ0n) is 9.43. The Morgan fingerprint density at radius 1 is 1.47 bits per heavy atom. The fourth-order valence-electron chi connectivity index (χ4n) is 1.46. The first-order chi connectivity index (χ1) is 8.16. The van der Waals surface area contributed by atoms with Crippen LogP contribution in [0.3, 0.4) is 0 Å². The summed E-state index contributed by atoms with van der Waals surface area (Å²) >= 11 is 1.19. The number of nitrogen functional groups attached to an aromatic ring is 1. The molecule has 1 aromatic carbocycles. The number of aryl methyl sites for hydroxylation is 1. The molecule has 1 heterocycles. The monoisotopic (exact) mass is 247 g/mol. The predicted molar refractivity (Wildman–Crippen MR) is 68.9 cm³/mol. The summed E-state index contributed by atoms with van der Waals surface area (Å²) in [4.78, 5) is 16.1. The molecule has 0 spiro atoms. The van der Waals surface area contributed by atoms with Crippen molar-refractivity contribution in [1.82, 2.24) is 10.3 Å². The number of nitrogens with zero attached hydrogens (tertiary/aromatic N) is 1. The number of nitrogens with one attached hydrogen (secondary N) is 1. The van der Waals surface area contributed by atoms with Gasteiger partial charge in [-0.3, -0.25) is 4.79 Å². The van der Waals surface area contributed by atoms with Gasteiger partial charge in [0.1, 0.15) is 4.88 Å². The molecule has 0 bridgehead atoms. The van der Waals surface area contributed by atoms with Crippen molar-refractivity contribution in [3.63, 3.8) is 0 Å². The number of hydrogen-bond donors (Lipinski definition) is 2. The molecule has 3 N–H and O–H groups in total. The lowest BCUT2D eigenvalue weighted by molar-refractivity contribution is 0.0954.